The number of primary amides is 1. The molecular formula is C20H38N8O6S2. The third-order valence-electron chi connectivity index (χ3n) is 4.81. The van der Waals surface area contributed by atoms with E-state index in [1.165, 1.54) is 23.5 Å². The van der Waals surface area contributed by atoms with Crippen molar-refractivity contribution in [1.29, 1.82) is 0 Å². The van der Waals surface area contributed by atoms with Gasteiger partial charge in [-0.2, -0.15) is 23.5 Å². The van der Waals surface area contributed by atoms with Gasteiger partial charge in [0.1, 0.15) is 18.1 Å². The number of aliphatic carboxylic acids is 1. The maximum atomic E-state index is 13.0. The van der Waals surface area contributed by atoms with Gasteiger partial charge in [-0.1, -0.05) is 0 Å². The number of guanidine groups is 1. The summed E-state index contributed by atoms with van der Waals surface area (Å²) in [5.74, 6) is -3.37. The van der Waals surface area contributed by atoms with Gasteiger partial charge >= 0.3 is 5.97 Å². The Hall–Kier alpha value is -2.72. The number of carboxylic acid groups (broad SMARTS) is 1. The zero-order valence-corrected chi connectivity index (χ0v) is 22.2. The summed E-state index contributed by atoms with van der Waals surface area (Å²) in [4.78, 5) is 65.1. The SMILES string of the molecule is CSCCC(N)C(=O)NC(CC(N)=O)C(=O)NC(CCCN=C(N)N)C(=O)NC(CCSC)C(=O)O. The summed E-state index contributed by atoms with van der Waals surface area (Å²) < 4.78 is 0. The normalized spacial score (nSPS) is 14.0. The van der Waals surface area contributed by atoms with Gasteiger partial charge in [0.15, 0.2) is 5.96 Å². The van der Waals surface area contributed by atoms with Crippen LogP contribution in [0.15, 0.2) is 4.99 Å². The Morgan fingerprint density at radius 1 is 0.806 bits per heavy atom. The molecule has 0 saturated heterocycles. The minimum Gasteiger partial charge on any atom is -0.480 e. The summed E-state index contributed by atoms with van der Waals surface area (Å²) >= 11 is 2.91. The third-order valence-corrected chi connectivity index (χ3v) is 6.10. The number of rotatable bonds is 19. The lowest BCUT2D eigenvalue weighted by Gasteiger charge is -2.24. The number of hydrogen-bond acceptors (Lipinski definition) is 9. The van der Waals surface area contributed by atoms with E-state index in [0.717, 1.165) is 0 Å². The molecule has 0 aromatic heterocycles. The van der Waals surface area contributed by atoms with Crippen LogP contribution < -0.4 is 38.9 Å². The van der Waals surface area contributed by atoms with E-state index in [-0.39, 0.29) is 31.8 Å². The Kier molecular flexibility index (Phi) is 17.1. The van der Waals surface area contributed by atoms with Crippen LogP contribution in [0.3, 0.4) is 0 Å². The van der Waals surface area contributed by atoms with Crippen LogP contribution >= 0.6 is 23.5 Å². The van der Waals surface area contributed by atoms with E-state index in [2.05, 4.69) is 20.9 Å². The predicted molar refractivity (Wildman–Crippen MR) is 141 cm³/mol. The van der Waals surface area contributed by atoms with Gasteiger partial charge < -0.3 is 44.0 Å². The molecule has 0 bridgehead atoms. The Morgan fingerprint density at radius 3 is 1.86 bits per heavy atom. The van der Waals surface area contributed by atoms with E-state index in [0.29, 0.717) is 17.9 Å². The van der Waals surface area contributed by atoms with Crippen LogP contribution in [-0.2, 0) is 24.0 Å². The average Bonchev–Trinajstić information content (AvgIpc) is 2.80. The Balaban J connectivity index is 5.58. The zero-order chi connectivity index (χ0) is 27.7. The van der Waals surface area contributed by atoms with Gasteiger partial charge in [0, 0.05) is 6.54 Å². The molecule has 12 N–H and O–H groups in total. The topological polar surface area (TPSA) is 258 Å². The molecule has 0 fully saturated rings. The van der Waals surface area contributed by atoms with Crippen molar-refractivity contribution in [2.24, 2.45) is 27.9 Å². The van der Waals surface area contributed by atoms with Crippen molar-refractivity contribution in [3.05, 3.63) is 0 Å². The molecular weight excluding hydrogens is 512 g/mol. The van der Waals surface area contributed by atoms with Crippen molar-refractivity contribution in [3.8, 4) is 0 Å². The Labute approximate surface area is 218 Å². The highest BCUT2D eigenvalue weighted by atomic mass is 32.2. The summed E-state index contributed by atoms with van der Waals surface area (Å²) in [6, 6.07) is -4.65. The first kappa shape index (κ1) is 33.3. The fraction of sp³-hybridized carbons (Fsp3) is 0.700. The van der Waals surface area contributed by atoms with Crippen molar-refractivity contribution in [2.75, 3.05) is 30.6 Å². The molecule has 16 heteroatoms. The molecule has 4 atom stereocenters. The van der Waals surface area contributed by atoms with Crippen LogP contribution in [0.4, 0.5) is 0 Å². The highest BCUT2D eigenvalue weighted by molar-refractivity contribution is 7.98. The van der Waals surface area contributed by atoms with Crippen molar-refractivity contribution in [3.63, 3.8) is 0 Å². The van der Waals surface area contributed by atoms with Crippen LogP contribution in [0.2, 0.25) is 0 Å². The molecule has 4 amide bonds. The monoisotopic (exact) mass is 550 g/mol. The number of hydrogen-bond donors (Lipinski definition) is 8. The largest absolute Gasteiger partial charge is 0.480 e. The Bertz CT molecular complexity index is 781. The number of thioether (sulfide) groups is 2. The molecule has 206 valence electrons. The number of aliphatic imine (C=N–C) groups is 1. The fourth-order valence-corrected chi connectivity index (χ4v) is 3.84. The second-order valence-electron chi connectivity index (χ2n) is 7.81. The van der Waals surface area contributed by atoms with Crippen LogP contribution in [0, 0.1) is 0 Å². The molecule has 36 heavy (non-hydrogen) atoms. The number of carboxylic acids is 1. The second-order valence-corrected chi connectivity index (χ2v) is 9.78. The molecule has 0 spiro atoms. The van der Waals surface area contributed by atoms with Crippen LogP contribution in [-0.4, -0.2) is 95.4 Å². The highest BCUT2D eigenvalue weighted by Gasteiger charge is 2.30. The quantitative estimate of drug-likeness (QED) is 0.0465. The molecule has 4 unspecified atom stereocenters. The van der Waals surface area contributed by atoms with Crippen LogP contribution in [0.5, 0.6) is 0 Å². The third kappa shape index (κ3) is 14.6. The van der Waals surface area contributed by atoms with Crippen LogP contribution in [0.25, 0.3) is 0 Å². The van der Waals surface area contributed by atoms with Gasteiger partial charge in [-0.15, -0.1) is 0 Å². The first-order valence-electron chi connectivity index (χ1n) is 11.1. The molecule has 0 heterocycles. The lowest BCUT2D eigenvalue weighted by molar-refractivity contribution is -0.142. The van der Waals surface area contributed by atoms with Gasteiger partial charge in [0.2, 0.25) is 23.6 Å². The van der Waals surface area contributed by atoms with Gasteiger partial charge in [0.25, 0.3) is 0 Å². The van der Waals surface area contributed by atoms with Gasteiger partial charge in [-0.3, -0.25) is 24.2 Å². The lowest BCUT2D eigenvalue weighted by atomic mass is 10.1. The van der Waals surface area contributed by atoms with Crippen molar-refractivity contribution in [2.45, 2.75) is 56.3 Å². The number of carbonyl (C=O) groups is 5. The number of nitrogens with zero attached hydrogens (tertiary/aromatic N) is 1. The smallest absolute Gasteiger partial charge is 0.326 e. The van der Waals surface area contributed by atoms with Crippen molar-refractivity contribution in [1.82, 2.24) is 16.0 Å². The minimum absolute atomic E-state index is 0.0493. The maximum Gasteiger partial charge on any atom is 0.326 e. The molecule has 0 aliphatic carbocycles. The lowest BCUT2D eigenvalue weighted by Crippen LogP contribution is -2.57. The van der Waals surface area contributed by atoms with Crippen LogP contribution in [0.1, 0.15) is 32.1 Å². The summed E-state index contributed by atoms with van der Waals surface area (Å²) in [7, 11) is 0. The molecule has 14 nitrogen and oxygen atoms in total. The van der Waals surface area contributed by atoms with E-state index in [1.54, 1.807) is 6.26 Å². The predicted octanol–water partition coefficient (Wildman–Crippen LogP) is -2.71. The fourth-order valence-electron chi connectivity index (χ4n) is 2.88. The summed E-state index contributed by atoms with van der Waals surface area (Å²) in [6.07, 6.45) is 3.96. The molecule has 0 saturated carbocycles. The van der Waals surface area contributed by atoms with E-state index in [9.17, 15) is 29.1 Å². The van der Waals surface area contributed by atoms with Gasteiger partial charge in [-0.05, 0) is 49.7 Å². The first-order valence-corrected chi connectivity index (χ1v) is 13.9. The highest BCUT2D eigenvalue weighted by Crippen LogP contribution is 2.06. The van der Waals surface area contributed by atoms with Crippen molar-refractivity contribution < 1.29 is 29.1 Å². The first-order chi connectivity index (χ1) is 16.9. The molecule has 0 aliphatic heterocycles. The Morgan fingerprint density at radius 2 is 1.33 bits per heavy atom. The summed E-state index contributed by atoms with van der Waals surface area (Å²) in [6.45, 7) is 0.155. The number of carbonyl (C=O) groups excluding carboxylic acids is 4. The van der Waals surface area contributed by atoms with Gasteiger partial charge in [-0.25, -0.2) is 4.79 Å². The standard InChI is InChI=1S/C20H38N8O6S2/c1-35-8-5-11(21)16(30)28-14(10-15(22)29)18(32)26-12(4-3-7-25-20(23)24)17(31)27-13(19(33)34)6-9-36-2/h11-14H,3-10,21H2,1-2H3,(H2,22,29)(H,26,32)(H,27,31)(H,28,30)(H,33,34)(H4,23,24,25). The molecule has 0 aromatic carbocycles. The molecule has 0 radical (unpaired) electrons. The van der Waals surface area contributed by atoms with E-state index < -0.39 is 60.2 Å². The van der Waals surface area contributed by atoms with Crippen molar-refractivity contribution >= 4 is 59.1 Å². The minimum atomic E-state index is -1.38. The average molecular weight is 551 g/mol. The number of nitrogens with one attached hydrogen (secondary N) is 3. The van der Waals surface area contributed by atoms with E-state index >= 15 is 0 Å². The summed E-state index contributed by atoms with van der Waals surface area (Å²) in [5.41, 5.74) is 21.7. The van der Waals surface area contributed by atoms with E-state index in [1.807, 2.05) is 6.26 Å². The zero-order valence-electron chi connectivity index (χ0n) is 20.5. The molecule has 0 rings (SSSR count). The molecule has 0 aliphatic rings. The summed E-state index contributed by atoms with van der Waals surface area (Å²) in [5, 5.41) is 16.7. The second kappa shape index (κ2) is 18.5. The van der Waals surface area contributed by atoms with Gasteiger partial charge in [0.05, 0.1) is 12.5 Å². The number of amides is 4. The number of nitrogens with two attached hydrogens (primary N) is 4. The maximum absolute atomic E-state index is 13.0. The van der Waals surface area contributed by atoms with E-state index in [4.69, 9.17) is 22.9 Å². The molecule has 0 aromatic rings.